The third kappa shape index (κ3) is 2.69. The second kappa shape index (κ2) is 5.17. The zero-order valence-corrected chi connectivity index (χ0v) is 12.1. The van der Waals surface area contributed by atoms with Crippen molar-refractivity contribution >= 4 is 21.6 Å². The summed E-state index contributed by atoms with van der Waals surface area (Å²) >= 11 is 5.90. The van der Waals surface area contributed by atoms with E-state index in [1.165, 1.54) is 10.4 Å². The van der Waals surface area contributed by atoms with Gasteiger partial charge in [-0.05, 0) is 31.5 Å². The topological polar surface area (TPSA) is 49.4 Å². The highest BCUT2D eigenvalue weighted by atomic mass is 35.5. The highest BCUT2D eigenvalue weighted by molar-refractivity contribution is 7.89. The van der Waals surface area contributed by atoms with Crippen LogP contribution in [0.1, 0.15) is 12.5 Å². The van der Waals surface area contributed by atoms with Crippen molar-refractivity contribution in [1.82, 2.24) is 9.62 Å². The number of aryl methyl sites for hydroxylation is 1. The van der Waals surface area contributed by atoms with Crippen LogP contribution in [0.5, 0.6) is 0 Å². The Hall–Kier alpha value is -0.620. The first-order chi connectivity index (χ1) is 8.41. The second-order valence-electron chi connectivity index (χ2n) is 4.63. The highest BCUT2D eigenvalue weighted by Gasteiger charge is 2.29. The lowest BCUT2D eigenvalue weighted by molar-refractivity contribution is 0.310. The van der Waals surface area contributed by atoms with E-state index in [1.807, 2.05) is 6.92 Å². The van der Waals surface area contributed by atoms with Crippen molar-refractivity contribution in [1.29, 1.82) is 0 Å². The van der Waals surface area contributed by atoms with Crippen LogP contribution in [0.15, 0.2) is 23.1 Å². The predicted octanol–water partition coefficient (Wildman–Crippen LogP) is 1.63. The molecule has 0 saturated carbocycles. The first-order valence-corrected chi connectivity index (χ1v) is 7.73. The minimum absolute atomic E-state index is 0.174. The maximum Gasteiger partial charge on any atom is 0.243 e. The smallest absolute Gasteiger partial charge is 0.243 e. The maximum atomic E-state index is 12.5. The van der Waals surface area contributed by atoms with Gasteiger partial charge in [-0.25, -0.2) is 8.42 Å². The summed E-state index contributed by atoms with van der Waals surface area (Å²) in [4.78, 5) is 0.309. The SMILES string of the molecule is Cc1ccc(Cl)cc1S(=O)(=O)N1CCNC(C)C1. The summed E-state index contributed by atoms with van der Waals surface area (Å²) in [5.74, 6) is 0. The van der Waals surface area contributed by atoms with Gasteiger partial charge in [0.2, 0.25) is 10.0 Å². The lowest BCUT2D eigenvalue weighted by Crippen LogP contribution is -2.51. The van der Waals surface area contributed by atoms with Gasteiger partial charge in [0.1, 0.15) is 0 Å². The van der Waals surface area contributed by atoms with Crippen LogP contribution in [0.2, 0.25) is 5.02 Å². The average Bonchev–Trinajstić information content (AvgIpc) is 2.32. The van der Waals surface area contributed by atoms with Crippen molar-refractivity contribution < 1.29 is 8.42 Å². The fourth-order valence-electron chi connectivity index (χ4n) is 2.11. The molecule has 1 aliphatic heterocycles. The van der Waals surface area contributed by atoms with Crippen LogP contribution < -0.4 is 5.32 Å². The van der Waals surface area contributed by atoms with Crippen LogP contribution >= 0.6 is 11.6 Å². The molecule has 1 heterocycles. The van der Waals surface area contributed by atoms with Gasteiger partial charge < -0.3 is 5.32 Å². The van der Waals surface area contributed by atoms with Crippen molar-refractivity contribution in [3.05, 3.63) is 28.8 Å². The standard InChI is InChI=1S/C12H17ClN2O2S/c1-9-3-4-11(13)7-12(9)18(16,17)15-6-5-14-10(2)8-15/h3-4,7,10,14H,5-6,8H2,1-2H3. The molecule has 1 aromatic rings. The summed E-state index contributed by atoms with van der Waals surface area (Å²) in [5, 5.41) is 3.68. The van der Waals surface area contributed by atoms with Gasteiger partial charge in [0, 0.05) is 30.7 Å². The van der Waals surface area contributed by atoms with Crippen LogP contribution in [-0.4, -0.2) is 38.4 Å². The number of nitrogens with one attached hydrogen (secondary N) is 1. The first-order valence-electron chi connectivity index (χ1n) is 5.91. The molecule has 2 rings (SSSR count). The monoisotopic (exact) mass is 288 g/mol. The highest BCUT2D eigenvalue weighted by Crippen LogP contribution is 2.24. The van der Waals surface area contributed by atoms with Crippen LogP contribution in [0.4, 0.5) is 0 Å². The van der Waals surface area contributed by atoms with Gasteiger partial charge in [-0.1, -0.05) is 17.7 Å². The number of hydrogen-bond donors (Lipinski definition) is 1. The molecule has 1 aliphatic rings. The van der Waals surface area contributed by atoms with Gasteiger partial charge in [-0.3, -0.25) is 0 Å². The number of hydrogen-bond acceptors (Lipinski definition) is 3. The van der Waals surface area contributed by atoms with Gasteiger partial charge in [-0.2, -0.15) is 4.31 Å². The normalized spacial score (nSPS) is 22.1. The molecule has 0 aliphatic carbocycles. The fourth-order valence-corrected chi connectivity index (χ4v) is 4.12. The Morgan fingerprint density at radius 2 is 2.17 bits per heavy atom. The van der Waals surface area contributed by atoms with Crippen molar-refractivity contribution in [2.24, 2.45) is 0 Å². The molecule has 0 bridgehead atoms. The number of nitrogens with zero attached hydrogens (tertiary/aromatic N) is 1. The lowest BCUT2D eigenvalue weighted by Gasteiger charge is -2.31. The molecular formula is C12H17ClN2O2S. The Morgan fingerprint density at radius 3 is 2.83 bits per heavy atom. The summed E-state index contributed by atoms with van der Waals surface area (Å²) in [6.07, 6.45) is 0. The van der Waals surface area contributed by atoms with E-state index in [4.69, 9.17) is 11.6 Å². The molecule has 18 heavy (non-hydrogen) atoms. The zero-order valence-electron chi connectivity index (χ0n) is 10.5. The molecule has 0 amide bonds. The third-order valence-electron chi connectivity index (χ3n) is 3.10. The van der Waals surface area contributed by atoms with E-state index in [2.05, 4.69) is 5.32 Å². The molecule has 0 radical (unpaired) electrons. The average molecular weight is 289 g/mol. The summed E-state index contributed by atoms with van der Waals surface area (Å²) < 4.78 is 26.6. The Bertz CT molecular complexity index is 545. The number of halogens is 1. The van der Waals surface area contributed by atoms with E-state index in [9.17, 15) is 8.42 Å². The molecule has 6 heteroatoms. The van der Waals surface area contributed by atoms with E-state index in [-0.39, 0.29) is 6.04 Å². The third-order valence-corrected chi connectivity index (χ3v) is 5.34. The summed E-state index contributed by atoms with van der Waals surface area (Å²) in [6, 6.07) is 5.14. The van der Waals surface area contributed by atoms with E-state index in [0.29, 0.717) is 29.6 Å². The van der Waals surface area contributed by atoms with Crippen LogP contribution in [0.3, 0.4) is 0 Å². The quantitative estimate of drug-likeness (QED) is 0.900. The number of sulfonamides is 1. The van der Waals surface area contributed by atoms with Gasteiger partial charge in [0.25, 0.3) is 0 Å². The molecule has 1 saturated heterocycles. The molecule has 1 N–H and O–H groups in total. The lowest BCUT2D eigenvalue weighted by atomic mass is 10.2. The minimum atomic E-state index is -3.44. The molecule has 0 spiro atoms. The Kier molecular flexibility index (Phi) is 3.96. The number of benzene rings is 1. The van der Waals surface area contributed by atoms with Gasteiger partial charge in [-0.15, -0.1) is 0 Å². The summed E-state index contributed by atoms with van der Waals surface area (Å²) in [5.41, 5.74) is 0.727. The van der Waals surface area contributed by atoms with Crippen molar-refractivity contribution in [3.8, 4) is 0 Å². The molecule has 1 aromatic carbocycles. The second-order valence-corrected chi connectivity index (χ2v) is 6.97. The Morgan fingerprint density at radius 1 is 1.44 bits per heavy atom. The van der Waals surface area contributed by atoms with E-state index >= 15 is 0 Å². The minimum Gasteiger partial charge on any atom is -0.312 e. The predicted molar refractivity (Wildman–Crippen MR) is 72.4 cm³/mol. The van der Waals surface area contributed by atoms with Crippen LogP contribution in [0.25, 0.3) is 0 Å². The first kappa shape index (κ1) is 13.8. The molecule has 4 nitrogen and oxygen atoms in total. The van der Waals surface area contributed by atoms with Gasteiger partial charge in [0.05, 0.1) is 4.90 Å². The van der Waals surface area contributed by atoms with Crippen molar-refractivity contribution in [2.45, 2.75) is 24.8 Å². The molecule has 1 unspecified atom stereocenters. The van der Waals surface area contributed by atoms with E-state index in [1.54, 1.807) is 19.1 Å². The Balaban J connectivity index is 2.38. The fraction of sp³-hybridized carbons (Fsp3) is 0.500. The molecule has 100 valence electrons. The summed E-state index contributed by atoms with van der Waals surface area (Å²) in [6.45, 7) is 5.44. The maximum absolute atomic E-state index is 12.5. The molecule has 1 fully saturated rings. The zero-order chi connectivity index (χ0) is 13.3. The molecular weight excluding hydrogens is 272 g/mol. The molecule has 0 aromatic heterocycles. The number of rotatable bonds is 2. The van der Waals surface area contributed by atoms with Gasteiger partial charge >= 0.3 is 0 Å². The van der Waals surface area contributed by atoms with Crippen molar-refractivity contribution in [2.75, 3.05) is 19.6 Å². The van der Waals surface area contributed by atoms with Gasteiger partial charge in [0.15, 0.2) is 0 Å². The Labute approximate surface area is 113 Å². The van der Waals surface area contributed by atoms with E-state index in [0.717, 1.165) is 5.56 Å². The van der Waals surface area contributed by atoms with Crippen LogP contribution in [-0.2, 0) is 10.0 Å². The van der Waals surface area contributed by atoms with Crippen molar-refractivity contribution in [3.63, 3.8) is 0 Å². The largest absolute Gasteiger partial charge is 0.312 e. The van der Waals surface area contributed by atoms with Crippen LogP contribution in [0, 0.1) is 6.92 Å². The van der Waals surface area contributed by atoms with E-state index < -0.39 is 10.0 Å². The molecule has 1 atom stereocenters. The number of piperazine rings is 1. The summed E-state index contributed by atoms with van der Waals surface area (Å²) in [7, 11) is -3.44.